The zero-order chi connectivity index (χ0) is 21.8. The lowest BCUT2D eigenvalue weighted by molar-refractivity contribution is 0.0778. The Morgan fingerprint density at radius 1 is 1.13 bits per heavy atom. The standard InChI is InChI=1S/C24H28N4O3/c1-18-8-9-23(30-3)22(16-18)28-11-10-20(25-28)24(29)26(2)17-19-6-4-5-7-21(19)27-12-14-31-15-13-27/h4-11,16H,12-15,17H2,1-3H3. The van der Waals surface area contributed by atoms with Crippen LogP contribution in [-0.2, 0) is 11.3 Å². The molecule has 0 spiro atoms. The summed E-state index contributed by atoms with van der Waals surface area (Å²) in [6, 6.07) is 15.9. The minimum atomic E-state index is -0.123. The maximum Gasteiger partial charge on any atom is 0.274 e. The van der Waals surface area contributed by atoms with Crippen molar-refractivity contribution in [3.8, 4) is 11.4 Å². The summed E-state index contributed by atoms with van der Waals surface area (Å²) in [6.45, 7) is 5.69. The second-order valence-corrected chi connectivity index (χ2v) is 7.71. The molecule has 1 aromatic heterocycles. The lowest BCUT2D eigenvalue weighted by Gasteiger charge is -2.31. The maximum atomic E-state index is 13.1. The van der Waals surface area contributed by atoms with Crippen LogP contribution >= 0.6 is 0 Å². The summed E-state index contributed by atoms with van der Waals surface area (Å²) in [4.78, 5) is 17.1. The zero-order valence-electron chi connectivity index (χ0n) is 18.2. The second-order valence-electron chi connectivity index (χ2n) is 7.71. The third kappa shape index (κ3) is 4.56. The first-order valence-electron chi connectivity index (χ1n) is 10.4. The number of carbonyl (C=O) groups is 1. The Hall–Kier alpha value is -3.32. The number of morpholine rings is 1. The van der Waals surface area contributed by atoms with E-state index in [0.717, 1.165) is 48.8 Å². The first kappa shape index (κ1) is 20.9. The summed E-state index contributed by atoms with van der Waals surface area (Å²) in [5.74, 6) is 0.586. The largest absolute Gasteiger partial charge is 0.494 e. The molecule has 7 heteroatoms. The molecule has 1 fully saturated rings. The van der Waals surface area contributed by atoms with E-state index >= 15 is 0 Å². The van der Waals surface area contributed by atoms with Crippen LogP contribution in [0.3, 0.4) is 0 Å². The van der Waals surface area contributed by atoms with E-state index in [9.17, 15) is 4.79 Å². The van der Waals surface area contributed by atoms with Gasteiger partial charge in [-0.2, -0.15) is 5.10 Å². The summed E-state index contributed by atoms with van der Waals surface area (Å²) in [5, 5.41) is 4.52. The van der Waals surface area contributed by atoms with Gasteiger partial charge in [0, 0.05) is 38.6 Å². The van der Waals surface area contributed by atoms with E-state index in [2.05, 4.69) is 22.1 Å². The topological polar surface area (TPSA) is 59.8 Å². The predicted molar refractivity (Wildman–Crippen MR) is 120 cm³/mol. The molecule has 0 radical (unpaired) electrons. The first-order valence-corrected chi connectivity index (χ1v) is 10.4. The fraction of sp³-hybridized carbons (Fsp3) is 0.333. The number of hydrogen-bond acceptors (Lipinski definition) is 5. The van der Waals surface area contributed by atoms with Gasteiger partial charge in [-0.1, -0.05) is 24.3 Å². The number of hydrogen-bond donors (Lipinski definition) is 0. The molecule has 7 nitrogen and oxygen atoms in total. The van der Waals surface area contributed by atoms with Crippen molar-refractivity contribution >= 4 is 11.6 Å². The van der Waals surface area contributed by atoms with Crippen molar-refractivity contribution in [2.75, 3.05) is 45.4 Å². The predicted octanol–water partition coefficient (Wildman–Crippen LogP) is 3.30. The molecule has 1 aliphatic rings. The Bertz CT molecular complexity index is 1060. The van der Waals surface area contributed by atoms with Gasteiger partial charge in [-0.3, -0.25) is 4.79 Å². The fourth-order valence-electron chi connectivity index (χ4n) is 3.83. The maximum absolute atomic E-state index is 13.1. The molecule has 1 amide bonds. The first-order chi connectivity index (χ1) is 15.1. The van der Waals surface area contributed by atoms with Crippen LogP contribution in [0.25, 0.3) is 5.69 Å². The number of para-hydroxylation sites is 1. The van der Waals surface area contributed by atoms with Crippen LogP contribution < -0.4 is 9.64 Å². The molecule has 0 bridgehead atoms. The highest BCUT2D eigenvalue weighted by atomic mass is 16.5. The monoisotopic (exact) mass is 420 g/mol. The van der Waals surface area contributed by atoms with Crippen molar-refractivity contribution in [2.24, 2.45) is 0 Å². The molecule has 4 rings (SSSR count). The van der Waals surface area contributed by atoms with E-state index in [1.165, 1.54) is 0 Å². The smallest absolute Gasteiger partial charge is 0.274 e. The van der Waals surface area contributed by atoms with E-state index in [-0.39, 0.29) is 5.91 Å². The van der Waals surface area contributed by atoms with Crippen LogP contribution in [0.15, 0.2) is 54.7 Å². The summed E-state index contributed by atoms with van der Waals surface area (Å²) in [6.07, 6.45) is 1.79. The lowest BCUT2D eigenvalue weighted by Crippen LogP contribution is -2.37. The van der Waals surface area contributed by atoms with Gasteiger partial charge in [0.15, 0.2) is 5.69 Å². The Morgan fingerprint density at radius 3 is 2.68 bits per heavy atom. The fourth-order valence-corrected chi connectivity index (χ4v) is 3.83. The van der Waals surface area contributed by atoms with Gasteiger partial charge in [0.2, 0.25) is 0 Å². The number of aromatic nitrogens is 2. The van der Waals surface area contributed by atoms with Crippen LogP contribution in [0.1, 0.15) is 21.6 Å². The Labute approximate surface area is 182 Å². The van der Waals surface area contributed by atoms with Crippen LogP contribution in [0.5, 0.6) is 5.75 Å². The molecule has 3 aromatic rings. The van der Waals surface area contributed by atoms with Crippen molar-refractivity contribution in [3.63, 3.8) is 0 Å². The van der Waals surface area contributed by atoms with Crippen LogP contribution in [0, 0.1) is 6.92 Å². The van der Waals surface area contributed by atoms with E-state index in [0.29, 0.717) is 18.0 Å². The van der Waals surface area contributed by atoms with Gasteiger partial charge in [-0.05, 0) is 42.3 Å². The summed E-state index contributed by atoms with van der Waals surface area (Å²) < 4.78 is 12.6. The average Bonchev–Trinajstić information content (AvgIpc) is 3.29. The average molecular weight is 421 g/mol. The molecule has 162 valence electrons. The molecule has 2 heterocycles. The molecule has 0 unspecified atom stereocenters. The minimum Gasteiger partial charge on any atom is -0.494 e. The summed E-state index contributed by atoms with van der Waals surface area (Å²) in [7, 11) is 3.44. The van der Waals surface area contributed by atoms with E-state index in [1.807, 2.05) is 44.3 Å². The quantitative estimate of drug-likeness (QED) is 0.612. The highest BCUT2D eigenvalue weighted by molar-refractivity contribution is 5.92. The van der Waals surface area contributed by atoms with Gasteiger partial charge in [0.1, 0.15) is 11.4 Å². The Morgan fingerprint density at radius 2 is 1.90 bits per heavy atom. The Balaban J connectivity index is 1.52. The van der Waals surface area contributed by atoms with Crippen molar-refractivity contribution < 1.29 is 14.3 Å². The molecule has 0 saturated carbocycles. The lowest BCUT2D eigenvalue weighted by atomic mass is 10.1. The number of nitrogens with zero attached hydrogens (tertiary/aromatic N) is 4. The second kappa shape index (κ2) is 9.22. The van der Waals surface area contributed by atoms with Gasteiger partial charge < -0.3 is 19.3 Å². The van der Waals surface area contributed by atoms with Crippen LogP contribution in [0.2, 0.25) is 0 Å². The van der Waals surface area contributed by atoms with Gasteiger partial charge >= 0.3 is 0 Å². The van der Waals surface area contributed by atoms with Gasteiger partial charge in [0.25, 0.3) is 5.91 Å². The molecular weight excluding hydrogens is 392 g/mol. The highest BCUT2D eigenvalue weighted by Gasteiger charge is 2.20. The van der Waals surface area contributed by atoms with Crippen LogP contribution in [0.4, 0.5) is 5.69 Å². The van der Waals surface area contributed by atoms with Crippen LogP contribution in [-0.4, -0.2) is 61.0 Å². The number of ether oxygens (including phenoxy) is 2. The van der Waals surface area contributed by atoms with Crippen molar-refractivity contribution in [1.29, 1.82) is 0 Å². The third-order valence-electron chi connectivity index (χ3n) is 5.49. The van der Waals surface area contributed by atoms with Crippen molar-refractivity contribution in [3.05, 3.63) is 71.5 Å². The number of anilines is 1. The van der Waals surface area contributed by atoms with Gasteiger partial charge in [-0.25, -0.2) is 4.68 Å². The Kier molecular flexibility index (Phi) is 6.23. The molecule has 31 heavy (non-hydrogen) atoms. The summed E-state index contributed by atoms with van der Waals surface area (Å²) >= 11 is 0. The van der Waals surface area contributed by atoms with E-state index in [4.69, 9.17) is 9.47 Å². The van der Waals surface area contributed by atoms with E-state index in [1.54, 1.807) is 29.0 Å². The number of methoxy groups -OCH3 is 1. The number of benzene rings is 2. The molecule has 1 aliphatic heterocycles. The molecular formula is C24H28N4O3. The highest BCUT2D eigenvalue weighted by Crippen LogP contribution is 2.25. The molecule has 0 N–H and O–H groups in total. The normalized spacial score (nSPS) is 13.8. The SMILES string of the molecule is COc1ccc(C)cc1-n1ccc(C(=O)N(C)Cc2ccccc2N2CCOCC2)n1. The van der Waals surface area contributed by atoms with E-state index < -0.39 is 0 Å². The number of carbonyl (C=O) groups excluding carboxylic acids is 1. The van der Waals surface area contributed by atoms with Gasteiger partial charge in [0.05, 0.1) is 20.3 Å². The number of rotatable bonds is 6. The zero-order valence-corrected chi connectivity index (χ0v) is 18.2. The molecule has 2 aromatic carbocycles. The third-order valence-corrected chi connectivity index (χ3v) is 5.49. The molecule has 0 atom stereocenters. The summed E-state index contributed by atoms with van der Waals surface area (Å²) in [5.41, 5.74) is 4.56. The van der Waals surface area contributed by atoms with Gasteiger partial charge in [-0.15, -0.1) is 0 Å². The number of amides is 1. The van der Waals surface area contributed by atoms with Crippen molar-refractivity contribution in [1.82, 2.24) is 14.7 Å². The molecule has 1 saturated heterocycles. The van der Waals surface area contributed by atoms with Crippen molar-refractivity contribution in [2.45, 2.75) is 13.5 Å². The minimum absolute atomic E-state index is 0.123. The number of aryl methyl sites for hydroxylation is 1. The molecule has 0 aliphatic carbocycles.